The minimum absolute atomic E-state index is 0.450. The Morgan fingerprint density at radius 2 is 1.43 bits per heavy atom. The summed E-state index contributed by atoms with van der Waals surface area (Å²) >= 11 is 0. The predicted molar refractivity (Wildman–Crippen MR) is 54.4 cm³/mol. The Morgan fingerprint density at radius 3 is 1.79 bits per heavy atom. The van der Waals surface area contributed by atoms with Gasteiger partial charge < -0.3 is 0 Å². The number of hydrogen-bond acceptors (Lipinski definition) is 3. The average Bonchev–Trinajstić information content (AvgIpc) is 2.30. The van der Waals surface area contributed by atoms with E-state index in [-0.39, 0.29) is 0 Å². The molecule has 2 heterocycles. The van der Waals surface area contributed by atoms with Crippen molar-refractivity contribution in [1.82, 2.24) is 9.97 Å². The van der Waals surface area contributed by atoms with Crippen LogP contribution in [-0.2, 0) is 0 Å². The molecule has 0 aromatic carbocycles. The van der Waals surface area contributed by atoms with Gasteiger partial charge >= 0.3 is 0 Å². The largest absolute Gasteiger partial charge is 0.300 e. The maximum absolute atomic E-state index is 7.89. The first-order chi connectivity index (χ1) is 6.88. The Labute approximate surface area is 82.0 Å². The molecule has 14 heavy (non-hydrogen) atoms. The second-order valence-electron chi connectivity index (χ2n) is 2.86. The summed E-state index contributed by atoms with van der Waals surface area (Å²) in [6, 6.07) is 7.37. The van der Waals surface area contributed by atoms with Crippen LogP contribution in [0.15, 0.2) is 49.1 Å². The fourth-order valence-corrected chi connectivity index (χ4v) is 1.19. The Morgan fingerprint density at radius 1 is 0.929 bits per heavy atom. The number of hydrogen-bond donors (Lipinski definition) is 1. The summed E-state index contributed by atoms with van der Waals surface area (Å²) in [5.74, 6) is 0. The van der Waals surface area contributed by atoms with Crippen molar-refractivity contribution in [2.45, 2.75) is 0 Å². The number of aromatic nitrogens is 2. The lowest BCUT2D eigenvalue weighted by molar-refractivity contribution is 1.28. The van der Waals surface area contributed by atoms with Crippen LogP contribution in [0.2, 0.25) is 0 Å². The van der Waals surface area contributed by atoms with E-state index in [4.69, 9.17) is 5.41 Å². The number of pyridine rings is 2. The van der Waals surface area contributed by atoms with Gasteiger partial charge in [0.25, 0.3) is 0 Å². The topological polar surface area (TPSA) is 49.6 Å². The molecule has 0 atom stereocenters. The van der Waals surface area contributed by atoms with Gasteiger partial charge in [-0.2, -0.15) is 0 Å². The first-order valence-electron chi connectivity index (χ1n) is 4.27. The van der Waals surface area contributed by atoms with Crippen LogP contribution >= 0.6 is 0 Å². The normalized spacial score (nSPS) is 9.71. The van der Waals surface area contributed by atoms with Gasteiger partial charge in [-0.1, -0.05) is 0 Å². The van der Waals surface area contributed by atoms with E-state index in [0.29, 0.717) is 5.71 Å². The maximum Gasteiger partial charge on any atom is 0.0715 e. The van der Waals surface area contributed by atoms with Crippen LogP contribution < -0.4 is 0 Å². The number of nitrogens with zero attached hydrogens (tertiary/aromatic N) is 2. The second kappa shape index (κ2) is 3.79. The standard InChI is InChI=1S/C11H9N3/c12-11(9-3-1-5-13-7-9)10-4-2-6-14-8-10/h1-8,12H. The number of rotatable bonds is 2. The third-order valence-corrected chi connectivity index (χ3v) is 1.90. The van der Waals surface area contributed by atoms with Gasteiger partial charge in [-0.05, 0) is 24.3 Å². The van der Waals surface area contributed by atoms with E-state index in [1.807, 2.05) is 24.3 Å². The van der Waals surface area contributed by atoms with Crippen molar-refractivity contribution in [2.24, 2.45) is 0 Å². The van der Waals surface area contributed by atoms with E-state index in [9.17, 15) is 0 Å². The summed E-state index contributed by atoms with van der Waals surface area (Å²) in [4.78, 5) is 7.94. The molecule has 0 radical (unpaired) electrons. The van der Waals surface area contributed by atoms with Gasteiger partial charge in [-0.25, -0.2) is 0 Å². The van der Waals surface area contributed by atoms with Crippen LogP contribution in [0.4, 0.5) is 0 Å². The SMILES string of the molecule is N=C(c1cccnc1)c1cccnc1. The molecular weight excluding hydrogens is 174 g/mol. The molecule has 0 saturated heterocycles. The van der Waals surface area contributed by atoms with Gasteiger partial charge in [0.1, 0.15) is 0 Å². The van der Waals surface area contributed by atoms with Crippen LogP contribution in [-0.4, -0.2) is 15.7 Å². The molecule has 2 aromatic heterocycles. The highest BCUT2D eigenvalue weighted by atomic mass is 14.6. The Hall–Kier alpha value is -2.03. The molecule has 0 aliphatic carbocycles. The van der Waals surface area contributed by atoms with Crippen molar-refractivity contribution < 1.29 is 0 Å². The van der Waals surface area contributed by atoms with Crippen LogP contribution in [0, 0.1) is 5.41 Å². The molecule has 1 N–H and O–H groups in total. The van der Waals surface area contributed by atoms with Crippen molar-refractivity contribution in [1.29, 1.82) is 5.41 Å². The van der Waals surface area contributed by atoms with Crippen molar-refractivity contribution in [3.8, 4) is 0 Å². The highest BCUT2D eigenvalue weighted by molar-refractivity contribution is 6.10. The molecular formula is C11H9N3. The molecule has 3 nitrogen and oxygen atoms in total. The summed E-state index contributed by atoms with van der Waals surface area (Å²) in [6.07, 6.45) is 6.74. The lowest BCUT2D eigenvalue weighted by atomic mass is 10.1. The second-order valence-corrected chi connectivity index (χ2v) is 2.86. The summed E-state index contributed by atoms with van der Waals surface area (Å²) in [5, 5.41) is 7.89. The number of nitrogens with one attached hydrogen (secondary N) is 1. The van der Waals surface area contributed by atoms with E-state index >= 15 is 0 Å². The molecule has 0 bridgehead atoms. The molecule has 68 valence electrons. The highest BCUT2D eigenvalue weighted by Crippen LogP contribution is 2.06. The van der Waals surface area contributed by atoms with Crippen molar-refractivity contribution >= 4 is 5.71 Å². The fourth-order valence-electron chi connectivity index (χ4n) is 1.19. The molecule has 0 aliphatic heterocycles. The fraction of sp³-hybridized carbons (Fsp3) is 0. The van der Waals surface area contributed by atoms with Crippen LogP contribution in [0.3, 0.4) is 0 Å². The first-order valence-corrected chi connectivity index (χ1v) is 4.27. The molecule has 0 spiro atoms. The van der Waals surface area contributed by atoms with Crippen LogP contribution in [0.1, 0.15) is 11.1 Å². The zero-order valence-electron chi connectivity index (χ0n) is 7.51. The minimum atomic E-state index is 0.450. The van der Waals surface area contributed by atoms with Crippen molar-refractivity contribution in [3.05, 3.63) is 60.2 Å². The van der Waals surface area contributed by atoms with Crippen LogP contribution in [0.5, 0.6) is 0 Å². The Kier molecular flexibility index (Phi) is 2.32. The van der Waals surface area contributed by atoms with E-state index in [0.717, 1.165) is 11.1 Å². The molecule has 0 unspecified atom stereocenters. The summed E-state index contributed by atoms with van der Waals surface area (Å²) in [5.41, 5.74) is 2.06. The van der Waals surface area contributed by atoms with Gasteiger partial charge in [0.2, 0.25) is 0 Å². The summed E-state index contributed by atoms with van der Waals surface area (Å²) < 4.78 is 0. The van der Waals surface area contributed by atoms with Gasteiger partial charge in [0.15, 0.2) is 0 Å². The van der Waals surface area contributed by atoms with Crippen LogP contribution in [0.25, 0.3) is 0 Å². The van der Waals surface area contributed by atoms with E-state index in [1.54, 1.807) is 24.8 Å². The maximum atomic E-state index is 7.89. The predicted octanol–water partition coefficient (Wildman–Crippen LogP) is 1.89. The van der Waals surface area contributed by atoms with Gasteiger partial charge in [0.05, 0.1) is 5.71 Å². The third kappa shape index (κ3) is 1.66. The molecule has 0 amide bonds. The minimum Gasteiger partial charge on any atom is -0.300 e. The van der Waals surface area contributed by atoms with Gasteiger partial charge in [0, 0.05) is 35.9 Å². The van der Waals surface area contributed by atoms with E-state index < -0.39 is 0 Å². The van der Waals surface area contributed by atoms with Crippen molar-refractivity contribution in [2.75, 3.05) is 0 Å². The first kappa shape index (κ1) is 8.56. The monoisotopic (exact) mass is 183 g/mol. The Balaban J connectivity index is 2.35. The average molecular weight is 183 g/mol. The lowest BCUT2D eigenvalue weighted by Crippen LogP contribution is -2.01. The van der Waals surface area contributed by atoms with E-state index in [2.05, 4.69) is 9.97 Å². The molecule has 0 saturated carbocycles. The zero-order valence-corrected chi connectivity index (χ0v) is 7.51. The summed E-state index contributed by atoms with van der Waals surface area (Å²) in [6.45, 7) is 0. The van der Waals surface area contributed by atoms with E-state index in [1.165, 1.54) is 0 Å². The molecule has 2 rings (SSSR count). The smallest absolute Gasteiger partial charge is 0.0715 e. The highest BCUT2D eigenvalue weighted by Gasteiger charge is 2.03. The third-order valence-electron chi connectivity index (χ3n) is 1.90. The molecule has 0 fully saturated rings. The lowest BCUT2D eigenvalue weighted by Gasteiger charge is -2.01. The van der Waals surface area contributed by atoms with Gasteiger partial charge in [-0.15, -0.1) is 0 Å². The molecule has 2 aromatic rings. The zero-order chi connectivity index (χ0) is 9.80. The van der Waals surface area contributed by atoms with Gasteiger partial charge in [-0.3, -0.25) is 15.4 Å². The summed E-state index contributed by atoms with van der Waals surface area (Å²) in [7, 11) is 0. The molecule has 3 heteroatoms. The molecule has 0 aliphatic rings. The van der Waals surface area contributed by atoms with Crippen molar-refractivity contribution in [3.63, 3.8) is 0 Å². The quantitative estimate of drug-likeness (QED) is 0.723. The Bertz CT molecular complexity index is 381.